The molecule has 0 N–H and O–H groups in total. The molecule has 3 aromatic rings. The van der Waals surface area contributed by atoms with Gasteiger partial charge in [0.1, 0.15) is 11.5 Å². The van der Waals surface area contributed by atoms with Crippen LogP contribution in [0.4, 0.5) is 19.3 Å². The molecule has 13 heteroatoms. The van der Waals surface area contributed by atoms with Gasteiger partial charge < -0.3 is 4.74 Å². The summed E-state index contributed by atoms with van der Waals surface area (Å²) in [5.41, 5.74) is 0.755. The van der Waals surface area contributed by atoms with Gasteiger partial charge in [-0.2, -0.15) is 4.31 Å². The minimum atomic E-state index is -3.95. The first-order chi connectivity index (χ1) is 15.3. The predicted molar refractivity (Wildman–Crippen MR) is 108 cm³/mol. The van der Waals surface area contributed by atoms with Crippen LogP contribution in [0.3, 0.4) is 0 Å². The molecule has 3 heterocycles. The Balaban J connectivity index is 1.40. The van der Waals surface area contributed by atoms with Gasteiger partial charge in [0.15, 0.2) is 22.7 Å². The van der Waals surface area contributed by atoms with Crippen molar-refractivity contribution in [1.29, 1.82) is 0 Å². The van der Waals surface area contributed by atoms with Gasteiger partial charge in [0.2, 0.25) is 10.0 Å². The summed E-state index contributed by atoms with van der Waals surface area (Å²) in [5.74, 6) is -2.10. The molecule has 2 aromatic carbocycles. The number of halogens is 3. The van der Waals surface area contributed by atoms with Crippen LogP contribution in [0.2, 0.25) is 5.02 Å². The number of piperidine rings is 1. The molecular formula is C19H15ClF2N4O5S. The zero-order chi connectivity index (χ0) is 22.6. The largest absolute Gasteiger partial charge is 0.444 e. The lowest BCUT2D eigenvalue weighted by atomic mass is 10.0. The fraction of sp³-hybridized carbons (Fsp3) is 0.316. The number of rotatable bonds is 3. The van der Waals surface area contributed by atoms with Gasteiger partial charge in [-0.3, -0.25) is 4.90 Å². The van der Waals surface area contributed by atoms with Crippen molar-refractivity contribution in [1.82, 2.24) is 14.6 Å². The second-order valence-corrected chi connectivity index (χ2v) is 9.78. The van der Waals surface area contributed by atoms with Gasteiger partial charge in [-0.25, -0.2) is 26.6 Å². The quantitative estimate of drug-likeness (QED) is 0.560. The Bertz CT molecular complexity index is 1340. The third-order valence-electron chi connectivity index (χ3n) is 5.66. The zero-order valence-electron chi connectivity index (χ0n) is 16.3. The van der Waals surface area contributed by atoms with Gasteiger partial charge >= 0.3 is 6.09 Å². The van der Waals surface area contributed by atoms with Crippen molar-refractivity contribution in [2.45, 2.75) is 30.4 Å². The first kappa shape index (κ1) is 21.0. The Kier molecular flexibility index (Phi) is 5.02. The lowest BCUT2D eigenvalue weighted by molar-refractivity contribution is 0.135. The number of hydrogen-bond acceptors (Lipinski definition) is 7. The molecule has 2 aliphatic rings. The van der Waals surface area contributed by atoms with E-state index in [2.05, 4.69) is 14.9 Å². The molecule has 0 spiro atoms. The van der Waals surface area contributed by atoms with Crippen molar-refractivity contribution in [3.8, 4) is 0 Å². The third kappa shape index (κ3) is 3.29. The molecule has 0 saturated carbocycles. The van der Waals surface area contributed by atoms with Crippen LogP contribution in [0.5, 0.6) is 0 Å². The van der Waals surface area contributed by atoms with E-state index >= 15 is 0 Å². The molecular weight excluding hydrogens is 470 g/mol. The lowest BCUT2D eigenvalue weighted by Crippen LogP contribution is -2.50. The second kappa shape index (κ2) is 7.64. The van der Waals surface area contributed by atoms with Gasteiger partial charge in [0.25, 0.3) is 0 Å². The van der Waals surface area contributed by atoms with E-state index in [0.29, 0.717) is 5.56 Å². The Morgan fingerprint density at radius 2 is 1.75 bits per heavy atom. The van der Waals surface area contributed by atoms with Gasteiger partial charge in [-0.05, 0) is 41.4 Å². The first-order valence-electron chi connectivity index (χ1n) is 9.62. The number of amides is 1. The summed E-state index contributed by atoms with van der Waals surface area (Å²) in [6, 6.07) is 4.27. The molecule has 2 aliphatic heterocycles. The molecule has 0 unspecified atom stereocenters. The van der Waals surface area contributed by atoms with Crippen LogP contribution in [0, 0.1) is 11.6 Å². The highest BCUT2D eigenvalue weighted by molar-refractivity contribution is 7.89. The monoisotopic (exact) mass is 484 g/mol. The topological polar surface area (TPSA) is 106 Å². The maximum absolute atomic E-state index is 13.8. The number of hydrogen-bond donors (Lipinski definition) is 0. The minimum absolute atomic E-state index is 0.0330. The summed E-state index contributed by atoms with van der Waals surface area (Å²) in [4.78, 5) is 13.6. The van der Waals surface area contributed by atoms with Crippen LogP contribution in [-0.4, -0.2) is 48.3 Å². The van der Waals surface area contributed by atoms with E-state index in [1.54, 1.807) is 0 Å². The number of aromatic nitrogens is 2. The second-order valence-electron chi connectivity index (χ2n) is 7.46. The average molecular weight is 485 g/mol. The van der Waals surface area contributed by atoms with Crippen molar-refractivity contribution in [3.63, 3.8) is 0 Å². The summed E-state index contributed by atoms with van der Waals surface area (Å²) < 4.78 is 64.9. The van der Waals surface area contributed by atoms with Crippen LogP contribution < -0.4 is 4.90 Å². The molecule has 1 aromatic heterocycles. The molecule has 5 rings (SSSR count). The lowest BCUT2D eigenvalue weighted by Gasteiger charge is -2.39. The highest BCUT2D eigenvalue weighted by Crippen LogP contribution is 2.35. The number of sulfonamides is 1. The number of anilines is 1. The van der Waals surface area contributed by atoms with E-state index in [9.17, 15) is 22.0 Å². The maximum atomic E-state index is 13.8. The molecule has 9 nitrogen and oxygen atoms in total. The van der Waals surface area contributed by atoms with Gasteiger partial charge in [-0.1, -0.05) is 11.6 Å². The fourth-order valence-electron chi connectivity index (χ4n) is 4.07. The Labute approximate surface area is 185 Å². The molecule has 1 amide bonds. The number of nitrogens with zero attached hydrogens (tertiary/aromatic N) is 4. The zero-order valence-corrected chi connectivity index (χ0v) is 17.9. The molecule has 32 heavy (non-hydrogen) atoms. The minimum Gasteiger partial charge on any atom is -0.444 e. The number of carbonyl (C=O) groups is 1. The number of cyclic esters (lactones) is 1. The van der Waals surface area contributed by atoms with Crippen LogP contribution in [0.25, 0.3) is 11.0 Å². The van der Waals surface area contributed by atoms with E-state index in [1.807, 2.05) is 0 Å². The summed E-state index contributed by atoms with van der Waals surface area (Å²) in [5, 5.41) is 7.52. The summed E-state index contributed by atoms with van der Waals surface area (Å²) in [7, 11) is -3.95. The van der Waals surface area contributed by atoms with Crippen molar-refractivity contribution >= 4 is 44.4 Å². The molecule has 1 fully saturated rings. The van der Waals surface area contributed by atoms with Gasteiger partial charge in [0, 0.05) is 30.8 Å². The standard InChI is InChI=1S/C19H15ClF2N4O5S/c20-12-1-2-16(18-17(12)23-31-24-18)32(28,29)25-5-3-11(4-6-25)26-15-8-14(22)13(21)7-10(15)9-30-19(26)27/h1-2,7-8,11H,3-6,9H2. The van der Waals surface area contributed by atoms with Crippen molar-refractivity contribution in [2.75, 3.05) is 18.0 Å². The van der Waals surface area contributed by atoms with E-state index in [-0.39, 0.29) is 59.2 Å². The van der Waals surface area contributed by atoms with Crippen LogP contribution in [0.1, 0.15) is 18.4 Å². The number of fused-ring (bicyclic) bond motifs is 2. The SMILES string of the molecule is O=C1OCc2cc(F)c(F)cc2N1C1CCN(S(=O)(=O)c2ccc(Cl)c3nonc23)CC1. The van der Waals surface area contributed by atoms with Crippen molar-refractivity contribution < 1.29 is 31.4 Å². The Morgan fingerprint density at radius 3 is 2.50 bits per heavy atom. The van der Waals surface area contributed by atoms with E-state index in [4.69, 9.17) is 16.3 Å². The highest BCUT2D eigenvalue weighted by Gasteiger charge is 2.38. The smallest absolute Gasteiger partial charge is 0.414 e. The molecule has 168 valence electrons. The molecule has 0 bridgehead atoms. The van der Waals surface area contributed by atoms with Crippen molar-refractivity contribution in [3.05, 3.63) is 46.5 Å². The van der Waals surface area contributed by atoms with Crippen LogP contribution in [0.15, 0.2) is 33.8 Å². The van der Waals surface area contributed by atoms with Crippen molar-refractivity contribution in [2.24, 2.45) is 0 Å². The molecule has 0 atom stereocenters. The van der Waals surface area contributed by atoms with E-state index in [1.165, 1.54) is 21.3 Å². The first-order valence-corrected chi connectivity index (χ1v) is 11.4. The van der Waals surface area contributed by atoms with Gasteiger partial charge in [0.05, 0.1) is 10.7 Å². The van der Waals surface area contributed by atoms with Crippen LogP contribution in [-0.2, 0) is 21.4 Å². The number of ether oxygens (including phenoxy) is 1. The Morgan fingerprint density at radius 1 is 1.06 bits per heavy atom. The fourth-order valence-corrected chi connectivity index (χ4v) is 5.85. The number of benzene rings is 2. The highest BCUT2D eigenvalue weighted by atomic mass is 35.5. The molecule has 0 aliphatic carbocycles. The summed E-state index contributed by atoms with van der Waals surface area (Å²) in [6.07, 6.45) is -0.154. The molecule has 1 saturated heterocycles. The van der Waals surface area contributed by atoms with Crippen LogP contribution >= 0.6 is 11.6 Å². The number of carbonyl (C=O) groups excluding carboxylic acids is 1. The Hall–Kier alpha value is -2.83. The maximum Gasteiger partial charge on any atom is 0.414 e. The van der Waals surface area contributed by atoms with E-state index < -0.39 is 33.8 Å². The van der Waals surface area contributed by atoms with Gasteiger partial charge in [-0.15, -0.1) is 0 Å². The molecule has 0 radical (unpaired) electrons. The predicted octanol–water partition coefficient (Wildman–Crippen LogP) is 3.46. The average Bonchev–Trinajstić information content (AvgIpc) is 3.26. The third-order valence-corrected chi connectivity index (χ3v) is 7.90. The van der Waals surface area contributed by atoms with E-state index in [0.717, 1.165) is 12.1 Å². The summed E-state index contributed by atoms with van der Waals surface area (Å²) in [6.45, 7) is 0.0176. The normalized spacial score (nSPS) is 18.1. The summed E-state index contributed by atoms with van der Waals surface area (Å²) >= 11 is 6.02.